The average molecular weight is 567 g/mol. The van der Waals surface area contributed by atoms with Crippen LogP contribution in [0.3, 0.4) is 0 Å². The molecule has 1 aliphatic rings. The van der Waals surface area contributed by atoms with Crippen LogP contribution in [0, 0.1) is 17.2 Å². The molecule has 1 fully saturated rings. The van der Waals surface area contributed by atoms with Gasteiger partial charge < -0.3 is 13.7 Å². The van der Waals surface area contributed by atoms with Gasteiger partial charge in [0.05, 0.1) is 30.4 Å². The predicted molar refractivity (Wildman–Crippen MR) is 162 cm³/mol. The van der Waals surface area contributed by atoms with Crippen LogP contribution >= 0.6 is 0 Å². The number of hydrogen-bond acceptors (Lipinski definition) is 6. The number of fused-ring (bicyclic) bond motifs is 1. The minimum Gasteiger partial charge on any atom is -0.414 e. The van der Waals surface area contributed by atoms with Crippen molar-refractivity contribution in [2.24, 2.45) is 5.92 Å². The van der Waals surface area contributed by atoms with Crippen molar-refractivity contribution in [1.29, 1.82) is 5.26 Å². The minimum atomic E-state index is -1.92. The zero-order valence-electron chi connectivity index (χ0n) is 25.1. The van der Waals surface area contributed by atoms with E-state index in [1.807, 2.05) is 27.8 Å². The Balaban J connectivity index is 1.55. The van der Waals surface area contributed by atoms with Crippen molar-refractivity contribution in [2.75, 3.05) is 6.61 Å². The van der Waals surface area contributed by atoms with Crippen molar-refractivity contribution in [3.63, 3.8) is 0 Å². The Morgan fingerprint density at radius 3 is 2.62 bits per heavy atom. The van der Waals surface area contributed by atoms with Crippen LogP contribution in [0.15, 0.2) is 31.0 Å². The molecule has 1 saturated carbocycles. The number of ether oxygens (including phenoxy) is 1. The fourth-order valence-corrected chi connectivity index (χ4v) is 7.31. The molecule has 8 nitrogen and oxygen atoms in total. The molecule has 0 bridgehead atoms. The molecule has 10 heteroatoms. The van der Waals surface area contributed by atoms with Gasteiger partial charge in [0.15, 0.2) is 8.32 Å². The summed E-state index contributed by atoms with van der Waals surface area (Å²) in [6.07, 6.45) is 11.3. The third kappa shape index (κ3) is 6.88. The van der Waals surface area contributed by atoms with Crippen LogP contribution in [-0.4, -0.2) is 53.4 Å². The van der Waals surface area contributed by atoms with E-state index in [9.17, 15) is 5.26 Å². The molecule has 0 aromatic carbocycles. The van der Waals surface area contributed by atoms with Gasteiger partial charge in [-0.1, -0.05) is 46.8 Å². The maximum absolute atomic E-state index is 9.75. The molecule has 4 rings (SSSR count). The molecule has 1 aliphatic carbocycles. The Morgan fingerprint density at radius 2 is 1.92 bits per heavy atom. The van der Waals surface area contributed by atoms with E-state index < -0.39 is 16.4 Å². The van der Waals surface area contributed by atoms with Crippen molar-refractivity contribution in [3.8, 4) is 17.3 Å². The second kappa shape index (κ2) is 11.7. The van der Waals surface area contributed by atoms with Crippen molar-refractivity contribution in [2.45, 2.75) is 109 Å². The number of aromatic nitrogens is 5. The van der Waals surface area contributed by atoms with Crippen molar-refractivity contribution >= 4 is 27.4 Å². The third-order valence-electron chi connectivity index (χ3n) is 8.55. The fraction of sp³-hybridized carbons (Fsp3) is 0.655. The highest BCUT2D eigenvalue weighted by atomic mass is 28.4. The van der Waals surface area contributed by atoms with Gasteiger partial charge >= 0.3 is 0 Å². The highest BCUT2D eigenvalue weighted by Gasteiger charge is 2.44. The summed E-state index contributed by atoms with van der Waals surface area (Å²) < 4.78 is 16.9. The summed E-state index contributed by atoms with van der Waals surface area (Å²) in [6, 6.07) is 5.59. The van der Waals surface area contributed by atoms with E-state index >= 15 is 0 Å². The third-order valence-corrected chi connectivity index (χ3v) is 14.8. The van der Waals surface area contributed by atoms with Gasteiger partial charge in [-0.05, 0) is 43.1 Å². The molecular formula is C29H46N6O2Si2. The molecule has 0 spiro atoms. The summed E-state index contributed by atoms with van der Waals surface area (Å²) in [5.41, 5.74) is 2.64. The van der Waals surface area contributed by atoms with Crippen molar-refractivity contribution in [3.05, 3.63) is 31.0 Å². The molecule has 212 valence electrons. The Kier molecular flexibility index (Phi) is 8.86. The van der Waals surface area contributed by atoms with E-state index in [0.29, 0.717) is 13.2 Å². The van der Waals surface area contributed by atoms with Crippen molar-refractivity contribution < 1.29 is 9.16 Å². The molecule has 0 radical (unpaired) electrons. The lowest BCUT2D eigenvalue weighted by Crippen LogP contribution is -2.45. The second-order valence-electron chi connectivity index (χ2n) is 13.7. The largest absolute Gasteiger partial charge is 0.414 e. The molecule has 3 aromatic rings. The fourth-order valence-electron chi connectivity index (χ4n) is 5.15. The van der Waals surface area contributed by atoms with Crippen LogP contribution < -0.4 is 0 Å². The van der Waals surface area contributed by atoms with Crippen LogP contribution in [0.2, 0.25) is 43.8 Å². The summed E-state index contributed by atoms with van der Waals surface area (Å²) in [5, 5.41) is 15.6. The van der Waals surface area contributed by atoms with E-state index in [4.69, 9.17) is 14.3 Å². The summed E-state index contributed by atoms with van der Waals surface area (Å²) in [4.78, 5) is 9.18. The van der Waals surface area contributed by atoms with Gasteiger partial charge in [-0.3, -0.25) is 4.68 Å². The van der Waals surface area contributed by atoms with Crippen LogP contribution in [0.4, 0.5) is 0 Å². The van der Waals surface area contributed by atoms with E-state index in [-0.39, 0.29) is 23.1 Å². The molecule has 0 aliphatic heterocycles. The summed E-state index contributed by atoms with van der Waals surface area (Å²) >= 11 is 0. The SMILES string of the molecule is CC(C)(C)[Si](C)(C)OC1CCCC1C(CC#N)n1cc(-c2ncnc3c2ccn3COCC[Si](C)(C)C)cn1. The lowest BCUT2D eigenvalue weighted by atomic mass is 9.94. The lowest BCUT2D eigenvalue weighted by Gasteiger charge is -2.41. The summed E-state index contributed by atoms with van der Waals surface area (Å²) in [7, 11) is -3.05. The highest BCUT2D eigenvalue weighted by Crippen LogP contribution is 2.44. The molecule has 3 heterocycles. The van der Waals surface area contributed by atoms with Gasteiger partial charge in [-0.2, -0.15) is 10.4 Å². The maximum Gasteiger partial charge on any atom is 0.192 e. The molecule has 39 heavy (non-hydrogen) atoms. The molecule has 3 unspecified atom stereocenters. The zero-order valence-corrected chi connectivity index (χ0v) is 27.1. The van der Waals surface area contributed by atoms with E-state index in [1.165, 1.54) is 0 Å². The van der Waals surface area contributed by atoms with Crippen LogP contribution in [0.5, 0.6) is 0 Å². The average Bonchev–Trinajstić information content (AvgIpc) is 3.59. The van der Waals surface area contributed by atoms with E-state index in [2.05, 4.69) is 75.6 Å². The lowest BCUT2D eigenvalue weighted by molar-refractivity contribution is 0.0899. The Bertz CT molecular complexity index is 1300. The van der Waals surface area contributed by atoms with Crippen LogP contribution in [-0.2, 0) is 15.9 Å². The first kappa shape index (κ1) is 29.7. The topological polar surface area (TPSA) is 90.8 Å². The molecule has 3 aromatic heterocycles. The molecular weight excluding hydrogens is 521 g/mol. The van der Waals surface area contributed by atoms with Gasteiger partial charge in [-0.15, -0.1) is 0 Å². The first-order valence-electron chi connectivity index (χ1n) is 14.3. The molecule has 0 N–H and O–H groups in total. The summed E-state index contributed by atoms with van der Waals surface area (Å²) in [5.74, 6) is 0.270. The predicted octanol–water partition coefficient (Wildman–Crippen LogP) is 7.25. The first-order chi connectivity index (χ1) is 18.3. The van der Waals surface area contributed by atoms with Gasteiger partial charge in [0, 0.05) is 50.0 Å². The first-order valence-corrected chi connectivity index (χ1v) is 20.9. The Labute approximate surface area is 235 Å². The smallest absolute Gasteiger partial charge is 0.192 e. The zero-order chi connectivity index (χ0) is 28.4. The van der Waals surface area contributed by atoms with Gasteiger partial charge in [0.25, 0.3) is 0 Å². The molecule has 0 amide bonds. The Morgan fingerprint density at radius 1 is 1.15 bits per heavy atom. The summed E-state index contributed by atoms with van der Waals surface area (Å²) in [6.45, 7) is 19.8. The number of nitriles is 1. The number of hydrogen-bond donors (Lipinski definition) is 0. The molecule has 0 saturated heterocycles. The normalized spacial score (nSPS) is 19.5. The number of nitrogens with zero attached hydrogens (tertiary/aromatic N) is 6. The van der Waals surface area contributed by atoms with Gasteiger partial charge in [0.2, 0.25) is 0 Å². The van der Waals surface area contributed by atoms with E-state index in [1.54, 1.807) is 6.33 Å². The number of rotatable bonds is 11. The van der Waals surface area contributed by atoms with Crippen LogP contribution in [0.25, 0.3) is 22.3 Å². The second-order valence-corrected chi connectivity index (χ2v) is 24.1. The van der Waals surface area contributed by atoms with Gasteiger partial charge in [-0.25, -0.2) is 9.97 Å². The van der Waals surface area contributed by atoms with Crippen molar-refractivity contribution in [1.82, 2.24) is 24.3 Å². The van der Waals surface area contributed by atoms with Crippen LogP contribution in [0.1, 0.15) is 52.5 Å². The molecule has 3 atom stereocenters. The standard InChI is InChI=1S/C29H46N6O2Si2/c1-29(2,3)39(7,8)37-26-11-9-10-23(26)25(12-14-30)35-19-22(18-33-35)27-24-13-15-34(28(24)32-20-31-27)21-36-16-17-38(4,5)6/h13,15,18-20,23,25-26H,9-12,16-17,21H2,1-8H3. The maximum atomic E-state index is 9.75. The quantitative estimate of drug-likeness (QED) is 0.179. The van der Waals surface area contributed by atoms with Gasteiger partial charge in [0.1, 0.15) is 18.7 Å². The monoisotopic (exact) mass is 566 g/mol. The minimum absolute atomic E-state index is 0.0253. The van der Waals surface area contributed by atoms with E-state index in [0.717, 1.165) is 54.2 Å². The highest BCUT2D eigenvalue weighted by molar-refractivity contribution is 6.76. The Hall–Kier alpha value is -2.33.